The lowest BCUT2D eigenvalue weighted by Crippen LogP contribution is -2.29. The Morgan fingerprint density at radius 3 is 2.40 bits per heavy atom. The SMILES string of the molecule is CNc1cc(N)c(OC(F)F)cc1N(C)CCN(C)C. The maximum Gasteiger partial charge on any atom is 0.387 e. The molecule has 0 aromatic heterocycles. The molecule has 0 aliphatic rings. The highest BCUT2D eigenvalue weighted by molar-refractivity contribution is 5.78. The second kappa shape index (κ2) is 7.14. The number of nitrogens with zero attached hydrogens (tertiary/aromatic N) is 2. The molecule has 114 valence electrons. The van der Waals surface area contributed by atoms with Gasteiger partial charge in [0.2, 0.25) is 0 Å². The van der Waals surface area contributed by atoms with Gasteiger partial charge in [0.05, 0.1) is 17.1 Å². The molecular formula is C13H22F2N4O. The maximum absolute atomic E-state index is 12.4. The molecule has 1 aromatic carbocycles. The summed E-state index contributed by atoms with van der Waals surface area (Å²) in [5.74, 6) is -0.00861. The molecule has 0 atom stereocenters. The van der Waals surface area contributed by atoms with Gasteiger partial charge in [0.1, 0.15) is 0 Å². The fourth-order valence-corrected chi connectivity index (χ4v) is 1.77. The second-order valence-corrected chi connectivity index (χ2v) is 4.76. The lowest BCUT2D eigenvalue weighted by Gasteiger charge is -2.25. The minimum Gasteiger partial charge on any atom is -0.433 e. The summed E-state index contributed by atoms with van der Waals surface area (Å²) in [5, 5.41) is 3.01. The summed E-state index contributed by atoms with van der Waals surface area (Å²) in [7, 11) is 7.59. The molecule has 0 heterocycles. The number of nitrogen functional groups attached to an aromatic ring is 1. The van der Waals surface area contributed by atoms with Crippen molar-refractivity contribution >= 4 is 17.1 Å². The molecule has 20 heavy (non-hydrogen) atoms. The van der Waals surface area contributed by atoms with E-state index in [2.05, 4.69) is 10.1 Å². The first-order valence-corrected chi connectivity index (χ1v) is 6.27. The molecule has 0 unspecified atom stereocenters. The van der Waals surface area contributed by atoms with Gasteiger partial charge in [-0.15, -0.1) is 0 Å². The molecule has 0 spiro atoms. The zero-order valence-electron chi connectivity index (χ0n) is 12.3. The molecule has 3 N–H and O–H groups in total. The highest BCUT2D eigenvalue weighted by atomic mass is 19.3. The summed E-state index contributed by atoms with van der Waals surface area (Å²) in [6.45, 7) is -1.30. The van der Waals surface area contributed by atoms with Crippen molar-refractivity contribution in [3.05, 3.63) is 12.1 Å². The number of benzene rings is 1. The van der Waals surface area contributed by atoms with E-state index < -0.39 is 6.61 Å². The van der Waals surface area contributed by atoms with E-state index in [1.54, 1.807) is 13.1 Å². The first kappa shape index (κ1) is 16.3. The first-order valence-electron chi connectivity index (χ1n) is 6.27. The number of hydrogen-bond donors (Lipinski definition) is 2. The Balaban J connectivity index is 3.02. The highest BCUT2D eigenvalue weighted by Crippen LogP contribution is 2.35. The number of nitrogens with two attached hydrogens (primary N) is 1. The van der Waals surface area contributed by atoms with Crippen LogP contribution in [-0.2, 0) is 0 Å². The number of hydrogen-bond acceptors (Lipinski definition) is 5. The minimum atomic E-state index is -2.89. The van der Waals surface area contributed by atoms with Crippen molar-refractivity contribution in [1.29, 1.82) is 0 Å². The summed E-state index contributed by atoms with van der Waals surface area (Å²) in [6, 6.07) is 3.13. The summed E-state index contributed by atoms with van der Waals surface area (Å²) in [6.07, 6.45) is 0. The molecular weight excluding hydrogens is 266 g/mol. The fourth-order valence-electron chi connectivity index (χ4n) is 1.77. The van der Waals surface area contributed by atoms with E-state index in [0.717, 1.165) is 24.5 Å². The molecule has 0 aliphatic carbocycles. The standard InChI is InChI=1S/C13H22F2N4O/c1-17-10-7-9(16)12(20-13(14)15)8-11(10)19(4)6-5-18(2)3/h7-8,13,17H,5-6,16H2,1-4H3. The van der Waals surface area contributed by atoms with E-state index in [0.29, 0.717) is 0 Å². The first-order chi connectivity index (χ1) is 9.35. The van der Waals surface area contributed by atoms with Crippen LogP contribution in [0.1, 0.15) is 0 Å². The van der Waals surface area contributed by atoms with Crippen molar-refractivity contribution in [2.45, 2.75) is 6.61 Å². The van der Waals surface area contributed by atoms with Crippen LogP contribution in [0.4, 0.5) is 25.8 Å². The van der Waals surface area contributed by atoms with E-state index >= 15 is 0 Å². The molecule has 0 saturated heterocycles. The minimum absolute atomic E-state index is 0.00861. The number of alkyl halides is 2. The van der Waals surface area contributed by atoms with Gasteiger partial charge in [-0.2, -0.15) is 8.78 Å². The van der Waals surface area contributed by atoms with Gasteiger partial charge in [0.15, 0.2) is 5.75 Å². The van der Waals surface area contributed by atoms with Crippen LogP contribution < -0.4 is 20.7 Å². The van der Waals surface area contributed by atoms with Crippen LogP contribution in [-0.4, -0.2) is 52.8 Å². The highest BCUT2D eigenvalue weighted by Gasteiger charge is 2.14. The van der Waals surface area contributed by atoms with Crippen molar-refractivity contribution in [2.75, 3.05) is 57.2 Å². The summed E-state index contributed by atoms with van der Waals surface area (Å²) in [4.78, 5) is 4.01. The summed E-state index contributed by atoms with van der Waals surface area (Å²) >= 11 is 0. The van der Waals surface area contributed by atoms with Crippen LogP contribution >= 0.6 is 0 Å². The van der Waals surface area contributed by atoms with Crippen LogP contribution in [0.5, 0.6) is 5.75 Å². The van der Waals surface area contributed by atoms with Gasteiger partial charge in [-0.1, -0.05) is 0 Å². The number of halogens is 2. The Hall–Kier alpha value is -1.76. The van der Waals surface area contributed by atoms with Crippen LogP contribution in [0, 0.1) is 0 Å². The Bertz CT molecular complexity index is 441. The molecule has 1 aromatic rings. The van der Waals surface area contributed by atoms with Crippen LogP contribution in [0.15, 0.2) is 12.1 Å². The number of ether oxygens (including phenoxy) is 1. The molecule has 5 nitrogen and oxygen atoms in total. The normalized spacial score (nSPS) is 11.0. The third kappa shape index (κ3) is 4.41. The van der Waals surface area contributed by atoms with E-state index in [1.807, 2.05) is 30.9 Å². The zero-order valence-corrected chi connectivity index (χ0v) is 12.3. The van der Waals surface area contributed by atoms with Crippen LogP contribution in [0.3, 0.4) is 0 Å². The molecule has 0 radical (unpaired) electrons. The van der Waals surface area contributed by atoms with E-state index in [9.17, 15) is 8.78 Å². The summed E-state index contributed by atoms with van der Waals surface area (Å²) < 4.78 is 29.1. The Morgan fingerprint density at radius 1 is 1.25 bits per heavy atom. The average Bonchev–Trinajstić information content (AvgIpc) is 2.37. The van der Waals surface area contributed by atoms with Gasteiger partial charge in [0, 0.05) is 33.3 Å². The average molecular weight is 288 g/mol. The fraction of sp³-hybridized carbons (Fsp3) is 0.538. The number of anilines is 3. The molecule has 7 heteroatoms. The summed E-state index contributed by atoms with van der Waals surface area (Å²) in [5.41, 5.74) is 7.42. The molecule has 0 fully saturated rings. The number of likely N-dealkylation sites (N-methyl/N-ethyl adjacent to an activating group) is 2. The topological polar surface area (TPSA) is 53.8 Å². The second-order valence-electron chi connectivity index (χ2n) is 4.76. The van der Waals surface area contributed by atoms with Gasteiger partial charge in [0.25, 0.3) is 0 Å². The Kier molecular flexibility index (Phi) is 5.82. The monoisotopic (exact) mass is 288 g/mol. The van der Waals surface area contributed by atoms with Gasteiger partial charge in [-0.25, -0.2) is 0 Å². The van der Waals surface area contributed by atoms with E-state index in [1.165, 1.54) is 6.07 Å². The van der Waals surface area contributed by atoms with E-state index in [4.69, 9.17) is 5.73 Å². The van der Waals surface area contributed by atoms with E-state index in [-0.39, 0.29) is 11.4 Å². The quantitative estimate of drug-likeness (QED) is 0.751. The van der Waals surface area contributed by atoms with Crippen molar-refractivity contribution in [1.82, 2.24) is 4.90 Å². The van der Waals surface area contributed by atoms with Crippen molar-refractivity contribution in [2.24, 2.45) is 0 Å². The predicted octanol–water partition coefficient (Wildman–Crippen LogP) is 1.91. The van der Waals surface area contributed by atoms with Crippen molar-refractivity contribution in [3.8, 4) is 5.75 Å². The molecule has 0 saturated carbocycles. The predicted molar refractivity (Wildman–Crippen MR) is 78.9 cm³/mol. The molecule has 0 amide bonds. The zero-order chi connectivity index (χ0) is 15.3. The Morgan fingerprint density at radius 2 is 1.90 bits per heavy atom. The van der Waals surface area contributed by atoms with Gasteiger partial charge >= 0.3 is 6.61 Å². The van der Waals surface area contributed by atoms with Gasteiger partial charge < -0.3 is 25.6 Å². The molecule has 1 rings (SSSR count). The third-order valence-electron chi connectivity index (χ3n) is 2.91. The maximum atomic E-state index is 12.4. The van der Waals surface area contributed by atoms with Crippen LogP contribution in [0.25, 0.3) is 0 Å². The third-order valence-corrected chi connectivity index (χ3v) is 2.91. The number of nitrogens with one attached hydrogen (secondary N) is 1. The van der Waals surface area contributed by atoms with Gasteiger partial charge in [-0.05, 0) is 20.2 Å². The van der Waals surface area contributed by atoms with Crippen LogP contribution in [0.2, 0.25) is 0 Å². The lowest BCUT2D eigenvalue weighted by atomic mass is 10.2. The lowest BCUT2D eigenvalue weighted by molar-refractivity contribution is -0.0492. The van der Waals surface area contributed by atoms with Crippen molar-refractivity contribution in [3.63, 3.8) is 0 Å². The molecule has 0 bridgehead atoms. The number of rotatable bonds is 7. The largest absolute Gasteiger partial charge is 0.433 e. The van der Waals surface area contributed by atoms with Crippen molar-refractivity contribution < 1.29 is 13.5 Å². The van der Waals surface area contributed by atoms with Gasteiger partial charge in [-0.3, -0.25) is 0 Å². The smallest absolute Gasteiger partial charge is 0.387 e. The Labute approximate surface area is 118 Å². The molecule has 0 aliphatic heterocycles.